The molecule has 140 valence electrons. The van der Waals surface area contributed by atoms with Gasteiger partial charge in [-0.25, -0.2) is 9.67 Å². The molecule has 0 saturated heterocycles. The number of anilines is 1. The Morgan fingerprint density at radius 2 is 1.96 bits per heavy atom. The minimum absolute atomic E-state index is 0.0548. The number of aromatic nitrogens is 3. The molecule has 28 heavy (non-hydrogen) atoms. The molecule has 0 unspecified atom stereocenters. The Balaban J connectivity index is 1.69. The fourth-order valence-corrected chi connectivity index (χ4v) is 3.54. The van der Waals surface area contributed by atoms with E-state index in [9.17, 15) is 4.79 Å². The summed E-state index contributed by atoms with van der Waals surface area (Å²) in [7, 11) is 1.55. The lowest BCUT2D eigenvalue weighted by Gasteiger charge is -2.07. The summed E-state index contributed by atoms with van der Waals surface area (Å²) >= 11 is 7.74. The summed E-state index contributed by atoms with van der Waals surface area (Å²) < 4.78 is 6.79. The summed E-state index contributed by atoms with van der Waals surface area (Å²) in [5.41, 5.74) is 1.28. The van der Waals surface area contributed by atoms with Crippen LogP contribution in [-0.2, 0) is 0 Å². The summed E-state index contributed by atoms with van der Waals surface area (Å²) in [6, 6.07) is 18.5. The van der Waals surface area contributed by atoms with E-state index in [-0.39, 0.29) is 5.82 Å². The second kappa shape index (κ2) is 7.84. The number of ether oxygens (including phenoxy) is 1. The van der Waals surface area contributed by atoms with Gasteiger partial charge in [0.2, 0.25) is 5.82 Å². The van der Waals surface area contributed by atoms with Crippen molar-refractivity contribution in [3.63, 3.8) is 0 Å². The van der Waals surface area contributed by atoms with E-state index in [1.54, 1.807) is 30.0 Å². The summed E-state index contributed by atoms with van der Waals surface area (Å²) in [5.74, 6) is 0.820. The van der Waals surface area contributed by atoms with E-state index in [4.69, 9.17) is 16.3 Å². The number of methoxy groups -OCH3 is 1. The Morgan fingerprint density at radius 1 is 1.14 bits per heavy atom. The van der Waals surface area contributed by atoms with Gasteiger partial charge < -0.3 is 10.1 Å². The van der Waals surface area contributed by atoms with E-state index in [1.807, 2.05) is 47.8 Å². The minimum Gasteiger partial charge on any atom is -0.497 e. The molecule has 0 aliphatic carbocycles. The number of para-hydroxylation sites is 1. The number of hydrogen-bond donors (Lipinski definition) is 1. The number of hydrogen-bond acceptors (Lipinski definition) is 5. The number of nitrogens with one attached hydrogen (secondary N) is 1. The normalized spacial score (nSPS) is 10.6. The molecule has 0 saturated carbocycles. The number of thiophene rings is 1. The van der Waals surface area contributed by atoms with Gasteiger partial charge in [-0.15, -0.1) is 16.4 Å². The molecule has 1 amide bonds. The van der Waals surface area contributed by atoms with Crippen molar-refractivity contribution in [3.05, 3.63) is 76.9 Å². The van der Waals surface area contributed by atoms with Crippen LogP contribution in [0.5, 0.6) is 5.75 Å². The highest BCUT2D eigenvalue weighted by molar-refractivity contribution is 7.13. The van der Waals surface area contributed by atoms with Gasteiger partial charge in [0, 0.05) is 6.07 Å². The van der Waals surface area contributed by atoms with E-state index < -0.39 is 5.91 Å². The lowest BCUT2D eigenvalue weighted by atomic mass is 10.3. The van der Waals surface area contributed by atoms with Crippen molar-refractivity contribution in [3.8, 4) is 22.1 Å². The SMILES string of the molecule is COc1ccc(NC(=O)c2nc(-c3cccs3)n(-c3ccccc3)n2)c(Cl)c1. The van der Waals surface area contributed by atoms with E-state index in [1.165, 1.54) is 11.3 Å². The zero-order valence-electron chi connectivity index (χ0n) is 14.8. The number of carbonyl (C=O) groups is 1. The van der Waals surface area contributed by atoms with Crippen molar-refractivity contribution in [2.75, 3.05) is 12.4 Å². The highest BCUT2D eigenvalue weighted by Crippen LogP contribution is 2.28. The van der Waals surface area contributed by atoms with Crippen LogP contribution in [0.15, 0.2) is 66.0 Å². The van der Waals surface area contributed by atoms with Crippen LogP contribution in [-0.4, -0.2) is 27.8 Å². The van der Waals surface area contributed by atoms with E-state index >= 15 is 0 Å². The summed E-state index contributed by atoms with van der Waals surface area (Å²) in [6.07, 6.45) is 0. The van der Waals surface area contributed by atoms with Crippen LogP contribution >= 0.6 is 22.9 Å². The zero-order chi connectivity index (χ0) is 19.5. The molecule has 4 rings (SSSR count). The van der Waals surface area contributed by atoms with Gasteiger partial charge in [0.05, 0.1) is 28.4 Å². The molecule has 1 N–H and O–H groups in total. The predicted molar refractivity (Wildman–Crippen MR) is 111 cm³/mol. The van der Waals surface area contributed by atoms with Crippen LogP contribution in [0.3, 0.4) is 0 Å². The van der Waals surface area contributed by atoms with Crippen molar-refractivity contribution < 1.29 is 9.53 Å². The van der Waals surface area contributed by atoms with Gasteiger partial charge in [0.15, 0.2) is 5.82 Å². The van der Waals surface area contributed by atoms with Crippen molar-refractivity contribution in [2.45, 2.75) is 0 Å². The van der Waals surface area contributed by atoms with Crippen molar-refractivity contribution in [1.82, 2.24) is 14.8 Å². The highest BCUT2D eigenvalue weighted by atomic mass is 35.5. The number of amides is 1. The quantitative estimate of drug-likeness (QED) is 0.507. The second-order valence-electron chi connectivity index (χ2n) is 5.78. The molecule has 0 aliphatic heterocycles. The van der Waals surface area contributed by atoms with E-state index in [0.717, 1.165) is 10.6 Å². The molecule has 4 aromatic rings. The first-order chi connectivity index (χ1) is 13.7. The minimum atomic E-state index is -0.445. The van der Waals surface area contributed by atoms with Crippen LogP contribution in [0, 0.1) is 0 Å². The molecule has 6 nitrogen and oxygen atoms in total. The number of carbonyl (C=O) groups excluding carboxylic acids is 1. The zero-order valence-corrected chi connectivity index (χ0v) is 16.4. The maximum Gasteiger partial charge on any atom is 0.295 e. The number of nitrogens with zero attached hydrogens (tertiary/aromatic N) is 3. The first-order valence-electron chi connectivity index (χ1n) is 8.37. The molecule has 0 fully saturated rings. The first kappa shape index (κ1) is 18.2. The predicted octanol–water partition coefficient (Wildman–Crippen LogP) is 4.91. The van der Waals surface area contributed by atoms with Crippen LogP contribution in [0.1, 0.15) is 10.6 Å². The number of rotatable bonds is 5. The summed E-state index contributed by atoms with van der Waals surface area (Å²) in [6.45, 7) is 0. The van der Waals surface area contributed by atoms with Crippen molar-refractivity contribution in [1.29, 1.82) is 0 Å². The van der Waals surface area contributed by atoms with Gasteiger partial charge in [0.1, 0.15) is 5.75 Å². The van der Waals surface area contributed by atoms with Crippen LogP contribution in [0.4, 0.5) is 5.69 Å². The van der Waals surface area contributed by atoms with E-state index in [2.05, 4.69) is 15.4 Å². The topological polar surface area (TPSA) is 69.0 Å². The molecule has 0 radical (unpaired) electrons. The van der Waals surface area contributed by atoms with Gasteiger partial charge in [-0.05, 0) is 35.7 Å². The average molecular weight is 411 g/mol. The molecule has 0 atom stereocenters. The molecular weight excluding hydrogens is 396 g/mol. The Hall–Kier alpha value is -3.16. The molecule has 2 aromatic heterocycles. The third-order valence-corrected chi connectivity index (χ3v) is 5.16. The third-order valence-electron chi connectivity index (χ3n) is 3.98. The fraction of sp³-hybridized carbons (Fsp3) is 0.0500. The van der Waals surface area contributed by atoms with Gasteiger partial charge in [0.25, 0.3) is 5.91 Å². The van der Waals surface area contributed by atoms with Gasteiger partial charge in [-0.3, -0.25) is 4.79 Å². The van der Waals surface area contributed by atoms with Gasteiger partial charge in [-0.1, -0.05) is 35.9 Å². The Morgan fingerprint density at radius 3 is 2.64 bits per heavy atom. The van der Waals surface area contributed by atoms with Crippen LogP contribution < -0.4 is 10.1 Å². The molecule has 2 heterocycles. The number of halogens is 1. The Labute approximate surface area is 170 Å². The lowest BCUT2D eigenvalue weighted by molar-refractivity contribution is 0.101. The van der Waals surface area contributed by atoms with Crippen LogP contribution in [0.2, 0.25) is 5.02 Å². The molecule has 0 bridgehead atoms. The molecule has 0 aliphatic rings. The molecule has 2 aromatic carbocycles. The van der Waals surface area contributed by atoms with Crippen LogP contribution in [0.25, 0.3) is 16.4 Å². The molecular formula is C20H15ClN4O2S. The maximum atomic E-state index is 12.8. The monoisotopic (exact) mass is 410 g/mol. The molecule has 8 heteroatoms. The van der Waals surface area contributed by atoms with Gasteiger partial charge in [-0.2, -0.15) is 0 Å². The summed E-state index contributed by atoms with van der Waals surface area (Å²) in [4.78, 5) is 18.1. The van der Waals surface area contributed by atoms with Gasteiger partial charge >= 0.3 is 0 Å². The van der Waals surface area contributed by atoms with Crippen molar-refractivity contribution in [2.24, 2.45) is 0 Å². The fourth-order valence-electron chi connectivity index (χ4n) is 2.63. The smallest absolute Gasteiger partial charge is 0.295 e. The number of benzene rings is 2. The van der Waals surface area contributed by atoms with Crippen molar-refractivity contribution >= 4 is 34.5 Å². The Kier molecular flexibility index (Phi) is 5.10. The lowest BCUT2D eigenvalue weighted by Crippen LogP contribution is -2.14. The Bertz CT molecular complexity index is 1110. The average Bonchev–Trinajstić information content (AvgIpc) is 3.40. The highest BCUT2D eigenvalue weighted by Gasteiger charge is 2.20. The largest absolute Gasteiger partial charge is 0.497 e. The van der Waals surface area contributed by atoms with E-state index in [0.29, 0.717) is 22.3 Å². The second-order valence-corrected chi connectivity index (χ2v) is 7.14. The standard InChI is InChI=1S/C20H15ClN4O2S/c1-27-14-9-10-16(15(21)12-14)22-20(26)18-23-19(17-8-5-11-28-17)25(24-18)13-6-3-2-4-7-13/h2-12H,1H3,(H,22,26). The summed E-state index contributed by atoms with van der Waals surface area (Å²) in [5, 5.41) is 9.51. The third kappa shape index (κ3) is 3.62. The molecule has 0 spiro atoms. The first-order valence-corrected chi connectivity index (χ1v) is 9.63. The maximum absolute atomic E-state index is 12.8.